The lowest BCUT2D eigenvalue weighted by atomic mass is 10.0. The summed E-state index contributed by atoms with van der Waals surface area (Å²) >= 11 is 0. The average Bonchev–Trinajstić information content (AvgIpc) is 3.01. The first-order valence-corrected chi connectivity index (χ1v) is 7.73. The second-order valence-electron chi connectivity index (χ2n) is 5.64. The first kappa shape index (κ1) is 17.5. The summed E-state index contributed by atoms with van der Waals surface area (Å²) in [5.41, 5.74) is 2.84. The number of aromatic nitrogens is 1. The first-order chi connectivity index (χ1) is 10.7. The van der Waals surface area contributed by atoms with E-state index in [0.29, 0.717) is 18.0 Å². The van der Waals surface area contributed by atoms with Gasteiger partial charge in [0, 0.05) is 25.7 Å². The van der Waals surface area contributed by atoms with Gasteiger partial charge in [-0.15, -0.1) is 12.4 Å². The molecule has 5 nitrogen and oxygen atoms in total. The number of rotatable bonds is 3. The summed E-state index contributed by atoms with van der Waals surface area (Å²) in [6, 6.07) is 10.2. The third-order valence-corrected chi connectivity index (χ3v) is 4.12. The molecule has 1 amide bonds. The fraction of sp³-hybridized carbons (Fsp3) is 0.412. The predicted molar refractivity (Wildman–Crippen MR) is 91.0 cm³/mol. The monoisotopic (exact) mass is 335 g/mol. The average molecular weight is 336 g/mol. The molecule has 23 heavy (non-hydrogen) atoms. The molecule has 2 heterocycles. The summed E-state index contributed by atoms with van der Waals surface area (Å²) in [5, 5.41) is 7.23. The van der Waals surface area contributed by atoms with Crippen LogP contribution in [-0.2, 0) is 6.42 Å². The van der Waals surface area contributed by atoms with E-state index in [0.717, 1.165) is 25.1 Å². The molecule has 0 saturated carbocycles. The van der Waals surface area contributed by atoms with Crippen LogP contribution >= 0.6 is 12.4 Å². The maximum Gasteiger partial charge on any atom is 0.276 e. The second kappa shape index (κ2) is 7.62. The number of aryl methyl sites for hydroxylation is 2. The minimum Gasteiger partial charge on any atom is -0.361 e. The Morgan fingerprint density at radius 1 is 1.39 bits per heavy atom. The molecule has 124 valence electrons. The highest BCUT2D eigenvalue weighted by Crippen LogP contribution is 2.24. The Morgan fingerprint density at radius 3 is 2.74 bits per heavy atom. The number of piperazine rings is 1. The van der Waals surface area contributed by atoms with Crippen LogP contribution in [0.15, 0.2) is 34.9 Å². The van der Waals surface area contributed by atoms with Gasteiger partial charge in [0.25, 0.3) is 5.91 Å². The summed E-state index contributed by atoms with van der Waals surface area (Å²) in [6.07, 6.45) is 1.02. The molecule has 0 radical (unpaired) electrons. The zero-order valence-corrected chi connectivity index (χ0v) is 14.2. The van der Waals surface area contributed by atoms with Crippen LogP contribution in [0.5, 0.6) is 0 Å². The number of nitrogens with zero attached hydrogens (tertiary/aromatic N) is 2. The van der Waals surface area contributed by atoms with Crippen LogP contribution in [-0.4, -0.2) is 35.6 Å². The number of nitrogens with one attached hydrogen (secondary N) is 1. The molecular formula is C17H22ClN3O2. The van der Waals surface area contributed by atoms with Crippen molar-refractivity contribution in [2.75, 3.05) is 19.6 Å². The minimum atomic E-state index is -0.0667. The highest BCUT2D eigenvalue weighted by atomic mass is 35.5. The Hall–Kier alpha value is -1.85. The van der Waals surface area contributed by atoms with E-state index in [4.69, 9.17) is 4.52 Å². The molecule has 1 N–H and O–H groups in total. The lowest BCUT2D eigenvalue weighted by Gasteiger charge is -2.36. The zero-order valence-electron chi connectivity index (χ0n) is 13.4. The van der Waals surface area contributed by atoms with Gasteiger partial charge >= 0.3 is 0 Å². The maximum absolute atomic E-state index is 12.7. The quantitative estimate of drug-likeness (QED) is 0.937. The van der Waals surface area contributed by atoms with Gasteiger partial charge in [0.05, 0.1) is 6.04 Å². The van der Waals surface area contributed by atoms with Crippen molar-refractivity contribution in [3.63, 3.8) is 0 Å². The summed E-state index contributed by atoms with van der Waals surface area (Å²) in [6.45, 7) is 6.16. The van der Waals surface area contributed by atoms with Gasteiger partial charge in [-0.05, 0) is 24.5 Å². The summed E-state index contributed by atoms with van der Waals surface area (Å²) in [5.74, 6) is 0.588. The fourth-order valence-corrected chi connectivity index (χ4v) is 2.84. The first-order valence-electron chi connectivity index (χ1n) is 7.73. The van der Waals surface area contributed by atoms with Crippen molar-refractivity contribution in [1.82, 2.24) is 15.4 Å². The molecule has 1 unspecified atom stereocenters. The van der Waals surface area contributed by atoms with Gasteiger partial charge in [0.2, 0.25) is 0 Å². The smallest absolute Gasteiger partial charge is 0.276 e. The molecular weight excluding hydrogens is 314 g/mol. The standard InChI is InChI=1S/C17H21N3O2.ClH/c1-3-13-4-6-14(7-5-13)16-11-18-8-9-20(16)17(21)15-10-12(2)22-19-15;/h4-7,10,16,18H,3,8-9,11H2,1-2H3;1H. The van der Waals surface area contributed by atoms with E-state index in [1.165, 1.54) is 5.56 Å². The molecule has 1 fully saturated rings. The van der Waals surface area contributed by atoms with Gasteiger partial charge in [-0.2, -0.15) is 0 Å². The molecule has 0 spiro atoms. The Morgan fingerprint density at radius 2 is 2.13 bits per heavy atom. The van der Waals surface area contributed by atoms with E-state index < -0.39 is 0 Å². The second-order valence-corrected chi connectivity index (χ2v) is 5.64. The van der Waals surface area contributed by atoms with Crippen LogP contribution in [0.3, 0.4) is 0 Å². The SMILES string of the molecule is CCc1ccc(C2CNCCN2C(=O)c2cc(C)on2)cc1.Cl. The Labute approximate surface area is 142 Å². The predicted octanol–water partition coefficient (Wildman–Crippen LogP) is 2.75. The van der Waals surface area contributed by atoms with Crippen LogP contribution in [0.4, 0.5) is 0 Å². The lowest BCUT2D eigenvalue weighted by molar-refractivity contribution is 0.0623. The third-order valence-electron chi connectivity index (χ3n) is 4.12. The van der Waals surface area contributed by atoms with E-state index in [1.54, 1.807) is 13.0 Å². The molecule has 1 aromatic heterocycles. The number of carbonyl (C=O) groups excluding carboxylic acids is 1. The molecule has 1 aliphatic heterocycles. The molecule has 3 rings (SSSR count). The summed E-state index contributed by atoms with van der Waals surface area (Å²) < 4.78 is 5.03. The number of carbonyl (C=O) groups is 1. The van der Waals surface area contributed by atoms with Crippen molar-refractivity contribution in [2.45, 2.75) is 26.3 Å². The van der Waals surface area contributed by atoms with E-state index in [2.05, 4.69) is 41.7 Å². The van der Waals surface area contributed by atoms with Gasteiger partial charge in [0.15, 0.2) is 5.69 Å². The van der Waals surface area contributed by atoms with Crippen LogP contribution in [0.1, 0.15) is 40.3 Å². The van der Waals surface area contributed by atoms with Gasteiger partial charge in [-0.25, -0.2) is 0 Å². The minimum absolute atomic E-state index is 0. The fourth-order valence-electron chi connectivity index (χ4n) is 2.84. The van der Waals surface area contributed by atoms with Crippen molar-refractivity contribution in [2.24, 2.45) is 0 Å². The molecule has 2 aromatic rings. The number of benzene rings is 1. The largest absolute Gasteiger partial charge is 0.361 e. The van der Waals surface area contributed by atoms with Crippen molar-refractivity contribution in [3.05, 3.63) is 52.9 Å². The van der Waals surface area contributed by atoms with Crippen molar-refractivity contribution < 1.29 is 9.32 Å². The van der Waals surface area contributed by atoms with Crippen molar-refractivity contribution >= 4 is 18.3 Å². The van der Waals surface area contributed by atoms with Crippen LogP contribution in [0.2, 0.25) is 0 Å². The van der Waals surface area contributed by atoms with E-state index in [1.807, 2.05) is 4.90 Å². The Balaban J connectivity index is 0.00000192. The molecule has 0 bridgehead atoms. The van der Waals surface area contributed by atoms with Gasteiger partial charge in [-0.1, -0.05) is 36.3 Å². The highest BCUT2D eigenvalue weighted by Gasteiger charge is 2.30. The van der Waals surface area contributed by atoms with Gasteiger partial charge < -0.3 is 14.7 Å². The van der Waals surface area contributed by atoms with Crippen LogP contribution in [0.25, 0.3) is 0 Å². The van der Waals surface area contributed by atoms with Crippen molar-refractivity contribution in [1.29, 1.82) is 0 Å². The van der Waals surface area contributed by atoms with E-state index >= 15 is 0 Å². The molecule has 1 saturated heterocycles. The molecule has 1 aromatic carbocycles. The van der Waals surface area contributed by atoms with Gasteiger partial charge in [-0.3, -0.25) is 4.79 Å². The highest BCUT2D eigenvalue weighted by molar-refractivity contribution is 5.92. The van der Waals surface area contributed by atoms with Crippen LogP contribution < -0.4 is 5.32 Å². The lowest BCUT2D eigenvalue weighted by Crippen LogP contribution is -2.48. The molecule has 0 aliphatic carbocycles. The molecule has 1 aliphatic rings. The van der Waals surface area contributed by atoms with E-state index in [9.17, 15) is 4.79 Å². The summed E-state index contributed by atoms with van der Waals surface area (Å²) in [7, 11) is 0. The number of hydrogen-bond acceptors (Lipinski definition) is 4. The summed E-state index contributed by atoms with van der Waals surface area (Å²) in [4.78, 5) is 14.6. The normalized spacial score (nSPS) is 17.7. The van der Waals surface area contributed by atoms with Gasteiger partial charge in [0.1, 0.15) is 5.76 Å². The Kier molecular flexibility index (Phi) is 5.80. The van der Waals surface area contributed by atoms with Crippen LogP contribution in [0, 0.1) is 6.92 Å². The zero-order chi connectivity index (χ0) is 15.5. The van der Waals surface area contributed by atoms with Crippen molar-refractivity contribution in [3.8, 4) is 0 Å². The third kappa shape index (κ3) is 3.74. The molecule has 6 heteroatoms. The molecule has 1 atom stereocenters. The number of amides is 1. The maximum atomic E-state index is 12.7. The Bertz CT molecular complexity index is 654. The number of halogens is 1. The number of hydrogen-bond donors (Lipinski definition) is 1. The topological polar surface area (TPSA) is 58.4 Å². The van der Waals surface area contributed by atoms with E-state index in [-0.39, 0.29) is 24.4 Å².